The van der Waals surface area contributed by atoms with Crippen molar-refractivity contribution in [3.8, 4) is 5.75 Å². The molecule has 0 bridgehead atoms. The van der Waals surface area contributed by atoms with E-state index in [1.54, 1.807) is 12.1 Å². The van der Waals surface area contributed by atoms with Crippen molar-refractivity contribution in [2.45, 2.75) is 71.1 Å². The zero-order valence-corrected chi connectivity index (χ0v) is 17.1. The average molecular weight is 410 g/mol. The first-order chi connectivity index (χ1) is 13.6. The first-order valence-electron chi connectivity index (χ1n) is 10.1. The van der Waals surface area contributed by atoms with Crippen LogP contribution in [0.2, 0.25) is 0 Å². The fourth-order valence-corrected chi connectivity index (χ4v) is 3.35. The molecule has 7 heteroatoms. The van der Waals surface area contributed by atoms with Gasteiger partial charge in [-0.1, -0.05) is 75.8 Å². The van der Waals surface area contributed by atoms with Gasteiger partial charge >= 0.3 is 5.43 Å². The molecule has 1 heterocycles. The van der Waals surface area contributed by atoms with Crippen molar-refractivity contribution in [1.82, 2.24) is 5.06 Å². The van der Waals surface area contributed by atoms with E-state index in [9.17, 15) is 14.4 Å². The van der Waals surface area contributed by atoms with Crippen LogP contribution < -0.4 is 4.74 Å². The minimum atomic E-state index is -1.25. The highest BCUT2D eigenvalue weighted by atomic mass is 35.5. The Labute approximate surface area is 171 Å². The second kappa shape index (κ2) is 11.7. The Balaban J connectivity index is 1.72. The van der Waals surface area contributed by atoms with Crippen molar-refractivity contribution in [1.29, 1.82) is 0 Å². The number of ether oxygens (including phenoxy) is 1. The first kappa shape index (κ1) is 22.2. The van der Waals surface area contributed by atoms with Crippen molar-refractivity contribution >= 4 is 28.8 Å². The van der Waals surface area contributed by atoms with Gasteiger partial charge in [-0.3, -0.25) is 9.59 Å². The maximum Gasteiger partial charge on any atom is 0.428 e. The van der Waals surface area contributed by atoms with E-state index >= 15 is 0 Å². The highest BCUT2D eigenvalue weighted by molar-refractivity contribution is 6.61. The van der Waals surface area contributed by atoms with Gasteiger partial charge in [0.1, 0.15) is 5.75 Å². The summed E-state index contributed by atoms with van der Waals surface area (Å²) in [6, 6.07) is 4.75. The Morgan fingerprint density at radius 1 is 0.929 bits per heavy atom. The van der Waals surface area contributed by atoms with E-state index in [-0.39, 0.29) is 11.1 Å². The molecule has 6 nitrogen and oxygen atoms in total. The summed E-state index contributed by atoms with van der Waals surface area (Å²) in [4.78, 5) is 39.9. The summed E-state index contributed by atoms with van der Waals surface area (Å²) in [5.74, 6) is -1.15. The number of hydrogen-bond donors (Lipinski definition) is 0. The molecular weight excluding hydrogens is 382 g/mol. The van der Waals surface area contributed by atoms with Gasteiger partial charge in [0.15, 0.2) is 0 Å². The highest BCUT2D eigenvalue weighted by Crippen LogP contribution is 2.31. The van der Waals surface area contributed by atoms with Crippen molar-refractivity contribution in [2.24, 2.45) is 0 Å². The lowest BCUT2D eigenvalue weighted by atomic mass is 10.1. The van der Waals surface area contributed by atoms with Crippen LogP contribution in [-0.4, -0.2) is 28.9 Å². The fraction of sp³-hybridized carbons (Fsp3) is 0.571. The number of hydrogen-bond acceptors (Lipinski definition) is 5. The van der Waals surface area contributed by atoms with Crippen LogP contribution in [0.3, 0.4) is 0 Å². The van der Waals surface area contributed by atoms with Gasteiger partial charge in [0, 0.05) is 11.6 Å². The quantitative estimate of drug-likeness (QED) is 0.231. The predicted octanol–water partition coefficient (Wildman–Crippen LogP) is 5.87. The SMILES string of the molecule is CCCCCCCCCCCCOc1cccc2c1C(=O)N(OC(=O)Cl)C2=O. The van der Waals surface area contributed by atoms with E-state index in [2.05, 4.69) is 11.8 Å². The van der Waals surface area contributed by atoms with Crippen LogP contribution in [0.4, 0.5) is 4.79 Å². The monoisotopic (exact) mass is 409 g/mol. The average Bonchev–Trinajstić information content (AvgIpc) is 2.91. The standard InChI is InChI=1S/C21H28ClNO5/c1-2-3-4-5-6-7-8-9-10-11-15-27-17-14-12-13-16-18(17)20(25)23(19(16)24)28-21(22)26/h12-14H,2-11,15H2,1H3. The van der Waals surface area contributed by atoms with Crippen molar-refractivity contribution < 1.29 is 24.0 Å². The largest absolute Gasteiger partial charge is 0.493 e. The minimum absolute atomic E-state index is 0.109. The van der Waals surface area contributed by atoms with E-state index in [0.717, 1.165) is 12.8 Å². The molecule has 1 aromatic carbocycles. The predicted molar refractivity (Wildman–Crippen MR) is 107 cm³/mol. The molecule has 0 N–H and O–H groups in total. The maximum absolute atomic E-state index is 12.4. The number of carbonyl (C=O) groups excluding carboxylic acids is 3. The summed E-state index contributed by atoms with van der Waals surface area (Å²) in [7, 11) is 0. The molecule has 0 fully saturated rings. The number of nitrogens with zero attached hydrogens (tertiary/aromatic N) is 1. The van der Waals surface area contributed by atoms with Crippen LogP contribution >= 0.6 is 11.6 Å². The summed E-state index contributed by atoms with van der Waals surface area (Å²) >= 11 is 5.12. The van der Waals surface area contributed by atoms with Crippen molar-refractivity contribution in [2.75, 3.05) is 6.61 Å². The minimum Gasteiger partial charge on any atom is -0.493 e. The Kier molecular flexibility index (Phi) is 9.28. The fourth-order valence-electron chi connectivity index (χ4n) is 3.28. The summed E-state index contributed by atoms with van der Waals surface area (Å²) in [6.45, 7) is 2.69. The molecule has 1 aliphatic heterocycles. The number of unbranched alkanes of at least 4 members (excludes halogenated alkanes) is 9. The molecule has 0 spiro atoms. The number of rotatable bonds is 13. The third-order valence-corrected chi connectivity index (χ3v) is 4.83. The number of benzene rings is 1. The molecule has 0 saturated heterocycles. The van der Waals surface area contributed by atoms with Crippen LogP contribution in [0.15, 0.2) is 18.2 Å². The van der Waals surface area contributed by atoms with Gasteiger partial charge in [-0.15, -0.1) is 0 Å². The molecule has 0 atom stereocenters. The smallest absolute Gasteiger partial charge is 0.428 e. The van der Waals surface area contributed by atoms with E-state index in [1.807, 2.05) is 0 Å². The summed E-state index contributed by atoms with van der Waals surface area (Å²) in [5.41, 5.74) is -0.997. The Bertz CT molecular complexity index is 691. The van der Waals surface area contributed by atoms with Crippen molar-refractivity contribution in [3.63, 3.8) is 0 Å². The number of carbonyl (C=O) groups is 3. The topological polar surface area (TPSA) is 72.9 Å². The normalized spacial score (nSPS) is 13.0. The lowest BCUT2D eigenvalue weighted by molar-refractivity contribution is -0.0356. The molecule has 2 amide bonds. The van der Waals surface area contributed by atoms with E-state index in [0.29, 0.717) is 17.4 Å². The highest BCUT2D eigenvalue weighted by Gasteiger charge is 2.41. The third kappa shape index (κ3) is 6.23. The molecule has 28 heavy (non-hydrogen) atoms. The number of halogens is 1. The zero-order chi connectivity index (χ0) is 20.4. The van der Waals surface area contributed by atoms with E-state index in [1.165, 1.54) is 57.4 Å². The van der Waals surface area contributed by atoms with Gasteiger partial charge < -0.3 is 9.57 Å². The molecule has 0 aliphatic carbocycles. The Hall–Kier alpha value is -2.08. The Morgan fingerprint density at radius 3 is 2.14 bits per heavy atom. The lowest BCUT2D eigenvalue weighted by Gasteiger charge is -2.10. The maximum atomic E-state index is 12.4. The molecular formula is C21H28ClNO5. The summed E-state index contributed by atoms with van der Waals surface area (Å²) in [6.07, 6.45) is 12.2. The molecule has 1 aromatic rings. The zero-order valence-electron chi connectivity index (χ0n) is 16.4. The lowest BCUT2D eigenvalue weighted by Crippen LogP contribution is -2.30. The van der Waals surface area contributed by atoms with Gasteiger partial charge in [0.25, 0.3) is 11.8 Å². The second-order valence-corrected chi connectivity index (χ2v) is 7.25. The Morgan fingerprint density at radius 2 is 1.54 bits per heavy atom. The number of imide groups is 1. The van der Waals surface area contributed by atoms with E-state index in [4.69, 9.17) is 16.3 Å². The number of hydroxylamine groups is 2. The van der Waals surface area contributed by atoms with Gasteiger partial charge in [-0.25, -0.2) is 4.79 Å². The molecule has 0 aromatic heterocycles. The van der Waals surface area contributed by atoms with Crippen molar-refractivity contribution in [3.05, 3.63) is 29.3 Å². The van der Waals surface area contributed by atoms with Crippen LogP contribution in [0.5, 0.6) is 5.75 Å². The second-order valence-electron chi connectivity index (χ2n) is 6.94. The summed E-state index contributed by atoms with van der Waals surface area (Å²) in [5, 5.41) is 0.368. The first-order valence-corrected chi connectivity index (χ1v) is 10.5. The van der Waals surface area contributed by atoms with Crippen LogP contribution in [-0.2, 0) is 4.84 Å². The van der Waals surface area contributed by atoms with Crippen LogP contribution in [0.25, 0.3) is 0 Å². The van der Waals surface area contributed by atoms with Crippen LogP contribution in [0, 0.1) is 0 Å². The van der Waals surface area contributed by atoms with Gasteiger partial charge in [-0.2, -0.15) is 0 Å². The van der Waals surface area contributed by atoms with Gasteiger partial charge in [0.05, 0.1) is 17.7 Å². The molecule has 1 aliphatic rings. The number of amides is 2. The van der Waals surface area contributed by atoms with Gasteiger partial charge in [-0.05, 0) is 18.6 Å². The molecule has 0 radical (unpaired) electrons. The number of fused-ring (bicyclic) bond motifs is 1. The summed E-state index contributed by atoms with van der Waals surface area (Å²) < 4.78 is 5.72. The van der Waals surface area contributed by atoms with Crippen LogP contribution in [0.1, 0.15) is 91.8 Å². The van der Waals surface area contributed by atoms with Gasteiger partial charge in [0.2, 0.25) is 0 Å². The molecule has 154 valence electrons. The molecule has 0 saturated carbocycles. The molecule has 2 rings (SSSR count). The van der Waals surface area contributed by atoms with E-state index < -0.39 is 17.2 Å². The third-order valence-electron chi connectivity index (χ3n) is 4.76. The molecule has 0 unspecified atom stereocenters.